The summed E-state index contributed by atoms with van der Waals surface area (Å²) >= 11 is 0. The molecule has 0 aliphatic heterocycles. The summed E-state index contributed by atoms with van der Waals surface area (Å²) in [5.74, 6) is -0.589. The van der Waals surface area contributed by atoms with Crippen molar-refractivity contribution in [3.05, 3.63) is 29.8 Å². The number of anilines is 1. The number of nitrogen functional groups attached to an aromatic ring is 1. The fraction of sp³-hybridized carbons (Fsp3) is 0.333. The molecule has 1 amide bonds. The number of para-hydroxylation sites is 1. The van der Waals surface area contributed by atoms with E-state index in [1.165, 1.54) is 4.90 Å². The van der Waals surface area contributed by atoms with Gasteiger partial charge in [0, 0.05) is 19.8 Å². The van der Waals surface area contributed by atoms with Gasteiger partial charge in [-0.15, -0.1) is 0 Å². The molecular weight excluding hydrogens is 220 g/mol. The number of nitrogens with two attached hydrogens (primary N) is 1. The second-order valence-corrected chi connectivity index (χ2v) is 3.76. The van der Waals surface area contributed by atoms with Crippen LogP contribution < -0.4 is 5.73 Å². The zero-order valence-corrected chi connectivity index (χ0v) is 9.97. The van der Waals surface area contributed by atoms with Crippen LogP contribution in [0.1, 0.15) is 16.8 Å². The highest BCUT2D eigenvalue weighted by molar-refractivity contribution is 5.95. The Bertz CT molecular complexity index is 416. The van der Waals surface area contributed by atoms with Crippen LogP contribution in [0.4, 0.5) is 5.69 Å². The first-order valence-corrected chi connectivity index (χ1v) is 5.24. The fourth-order valence-electron chi connectivity index (χ4n) is 1.22. The summed E-state index contributed by atoms with van der Waals surface area (Å²) in [7, 11) is 3.30. The summed E-state index contributed by atoms with van der Waals surface area (Å²) < 4.78 is 4.96. The standard InChI is InChI=1S/C12H16N2O3/c1-14(2)11(15)7-8-17-12(16)9-5-3-4-6-10(9)13/h3-6H,7-8,13H2,1-2H3. The van der Waals surface area contributed by atoms with Crippen LogP contribution in [0.3, 0.4) is 0 Å². The maximum Gasteiger partial charge on any atom is 0.340 e. The minimum Gasteiger partial charge on any atom is -0.461 e. The molecule has 1 aromatic rings. The largest absolute Gasteiger partial charge is 0.461 e. The number of hydrogen-bond donors (Lipinski definition) is 1. The molecule has 1 aromatic carbocycles. The molecule has 0 saturated heterocycles. The van der Waals surface area contributed by atoms with Gasteiger partial charge in [-0.2, -0.15) is 0 Å². The smallest absolute Gasteiger partial charge is 0.340 e. The van der Waals surface area contributed by atoms with Crippen LogP contribution in [0.15, 0.2) is 24.3 Å². The molecule has 5 nitrogen and oxygen atoms in total. The Morgan fingerprint density at radius 3 is 2.53 bits per heavy atom. The molecule has 0 radical (unpaired) electrons. The molecule has 0 spiro atoms. The minimum atomic E-state index is -0.505. The Morgan fingerprint density at radius 2 is 1.94 bits per heavy atom. The van der Waals surface area contributed by atoms with Crippen molar-refractivity contribution in [2.45, 2.75) is 6.42 Å². The quantitative estimate of drug-likeness (QED) is 0.622. The molecule has 0 aliphatic carbocycles. The number of rotatable bonds is 4. The highest BCUT2D eigenvalue weighted by Crippen LogP contribution is 2.11. The van der Waals surface area contributed by atoms with E-state index in [9.17, 15) is 9.59 Å². The van der Waals surface area contributed by atoms with E-state index in [4.69, 9.17) is 10.5 Å². The van der Waals surface area contributed by atoms with Crippen molar-refractivity contribution in [1.29, 1.82) is 0 Å². The molecule has 2 N–H and O–H groups in total. The number of benzene rings is 1. The normalized spacial score (nSPS) is 9.76. The molecule has 5 heteroatoms. The summed E-state index contributed by atoms with van der Waals surface area (Å²) in [5, 5.41) is 0. The van der Waals surface area contributed by atoms with E-state index in [0.29, 0.717) is 11.3 Å². The molecule has 0 heterocycles. The number of carbonyl (C=O) groups is 2. The van der Waals surface area contributed by atoms with Crippen molar-refractivity contribution in [2.75, 3.05) is 26.4 Å². The highest BCUT2D eigenvalue weighted by Gasteiger charge is 2.11. The first-order valence-electron chi connectivity index (χ1n) is 5.24. The Hall–Kier alpha value is -2.04. The minimum absolute atomic E-state index is 0.0597. The predicted molar refractivity (Wildman–Crippen MR) is 64.4 cm³/mol. The topological polar surface area (TPSA) is 72.6 Å². The molecular formula is C12H16N2O3. The van der Waals surface area contributed by atoms with Crippen LogP contribution >= 0.6 is 0 Å². The van der Waals surface area contributed by atoms with Crippen LogP contribution in [0.5, 0.6) is 0 Å². The Balaban J connectivity index is 2.46. The van der Waals surface area contributed by atoms with Gasteiger partial charge < -0.3 is 15.4 Å². The summed E-state index contributed by atoms with van der Waals surface area (Å²) in [6, 6.07) is 6.66. The molecule has 0 aliphatic rings. The van der Waals surface area contributed by atoms with Crippen LogP contribution in [-0.4, -0.2) is 37.5 Å². The maximum atomic E-state index is 11.6. The van der Waals surface area contributed by atoms with Gasteiger partial charge in [0.25, 0.3) is 0 Å². The van der Waals surface area contributed by atoms with Gasteiger partial charge in [-0.3, -0.25) is 4.79 Å². The molecule has 0 atom stereocenters. The van der Waals surface area contributed by atoms with Gasteiger partial charge in [0.15, 0.2) is 0 Å². The fourth-order valence-corrected chi connectivity index (χ4v) is 1.22. The summed E-state index contributed by atoms with van der Waals surface area (Å²) in [4.78, 5) is 24.3. The molecule has 0 unspecified atom stereocenters. The van der Waals surface area contributed by atoms with Gasteiger partial charge in [0.1, 0.15) is 6.61 Å². The Labute approximate surface area is 100 Å². The summed E-state index contributed by atoms with van der Waals surface area (Å²) in [6.45, 7) is 0.0597. The predicted octanol–water partition coefficient (Wildman–Crippen LogP) is 0.904. The first kappa shape index (κ1) is 13.0. The van der Waals surface area contributed by atoms with Gasteiger partial charge >= 0.3 is 5.97 Å². The number of esters is 1. The lowest BCUT2D eigenvalue weighted by Gasteiger charge is -2.10. The number of ether oxygens (including phenoxy) is 1. The number of hydrogen-bond acceptors (Lipinski definition) is 4. The van der Waals surface area contributed by atoms with E-state index in [0.717, 1.165) is 0 Å². The van der Waals surface area contributed by atoms with E-state index < -0.39 is 5.97 Å². The van der Waals surface area contributed by atoms with Gasteiger partial charge in [-0.25, -0.2) is 4.79 Å². The lowest BCUT2D eigenvalue weighted by molar-refractivity contribution is -0.129. The zero-order valence-electron chi connectivity index (χ0n) is 9.97. The second kappa shape index (κ2) is 5.89. The summed E-state index contributed by atoms with van der Waals surface area (Å²) in [5.41, 5.74) is 6.32. The van der Waals surface area contributed by atoms with Crippen molar-refractivity contribution in [3.63, 3.8) is 0 Å². The van der Waals surface area contributed by atoms with Gasteiger partial charge in [0.05, 0.1) is 12.0 Å². The van der Waals surface area contributed by atoms with E-state index >= 15 is 0 Å². The van der Waals surface area contributed by atoms with Crippen molar-refractivity contribution >= 4 is 17.6 Å². The first-order chi connectivity index (χ1) is 8.02. The van der Waals surface area contributed by atoms with Crippen molar-refractivity contribution in [2.24, 2.45) is 0 Å². The second-order valence-electron chi connectivity index (χ2n) is 3.76. The number of amides is 1. The molecule has 92 valence electrons. The number of nitrogens with zero attached hydrogens (tertiary/aromatic N) is 1. The molecule has 0 fully saturated rings. The van der Waals surface area contributed by atoms with Crippen molar-refractivity contribution in [3.8, 4) is 0 Å². The molecule has 0 saturated carbocycles. The van der Waals surface area contributed by atoms with E-state index in [1.54, 1.807) is 38.4 Å². The van der Waals surface area contributed by atoms with Crippen LogP contribution in [0, 0.1) is 0 Å². The number of carbonyl (C=O) groups excluding carboxylic acids is 2. The Kier molecular flexibility index (Phi) is 4.51. The van der Waals surface area contributed by atoms with E-state index in [-0.39, 0.29) is 18.9 Å². The highest BCUT2D eigenvalue weighted by atomic mass is 16.5. The van der Waals surface area contributed by atoms with Gasteiger partial charge in [0.2, 0.25) is 5.91 Å². The zero-order chi connectivity index (χ0) is 12.8. The third-order valence-corrected chi connectivity index (χ3v) is 2.23. The van der Waals surface area contributed by atoms with Crippen LogP contribution in [-0.2, 0) is 9.53 Å². The SMILES string of the molecule is CN(C)C(=O)CCOC(=O)c1ccccc1N. The maximum absolute atomic E-state index is 11.6. The van der Waals surface area contributed by atoms with Gasteiger partial charge in [-0.1, -0.05) is 12.1 Å². The van der Waals surface area contributed by atoms with Crippen LogP contribution in [0.25, 0.3) is 0 Å². The lowest BCUT2D eigenvalue weighted by Crippen LogP contribution is -2.23. The van der Waals surface area contributed by atoms with Crippen molar-refractivity contribution < 1.29 is 14.3 Å². The molecule has 17 heavy (non-hydrogen) atoms. The average Bonchev–Trinajstić information content (AvgIpc) is 2.29. The average molecular weight is 236 g/mol. The van der Waals surface area contributed by atoms with E-state index in [1.807, 2.05) is 0 Å². The third kappa shape index (κ3) is 3.79. The third-order valence-electron chi connectivity index (χ3n) is 2.23. The Morgan fingerprint density at radius 1 is 1.29 bits per heavy atom. The van der Waals surface area contributed by atoms with Crippen molar-refractivity contribution in [1.82, 2.24) is 4.90 Å². The molecule has 0 bridgehead atoms. The monoisotopic (exact) mass is 236 g/mol. The molecule has 0 aromatic heterocycles. The van der Waals surface area contributed by atoms with E-state index in [2.05, 4.69) is 0 Å². The van der Waals surface area contributed by atoms with Gasteiger partial charge in [-0.05, 0) is 12.1 Å². The molecule has 1 rings (SSSR count). The summed E-state index contributed by atoms with van der Waals surface area (Å²) in [6.07, 6.45) is 0.172. The lowest BCUT2D eigenvalue weighted by atomic mass is 10.2. The van der Waals surface area contributed by atoms with Crippen LogP contribution in [0.2, 0.25) is 0 Å².